The van der Waals surface area contributed by atoms with Crippen molar-refractivity contribution in [3.05, 3.63) is 0 Å². The first kappa shape index (κ1) is 7.09. The normalized spacial score (nSPS) is 27.2. The van der Waals surface area contributed by atoms with Gasteiger partial charge in [0.25, 0.3) is 0 Å². The molecule has 1 aliphatic rings. The van der Waals surface area contributed by atoms with Gasteiger partial charge >= 0.3 is 0 Å². The first-order chi connectivity index (χ1) is 4.34. The second-order valence-corrected chi connectivity index (χ2v) is 3.34. The molecule has 3 heteroatoms. The lowest BCUT2D eigenvalue weighted by Gasteiger charge is -2.02. The first-order valence-electron chi connectivity index (χ1n) is 2.98. The molecular weight excluding hydrogens is 136 g/mol. The van der Waals surface area contributed by atoms with Crippen molar-refractivity contribution in [3.8, 4) is 0 Å². The number of carbonyl (C=O) groups excluding carboxylic acids is 1. The van der Waals surface area contributed by atoms with Crippen molar-refractivity contribution in [1.29, 1.82) is 0 Å². The van der Waals surface area contributed by atoms with E-state index in [1.807, 2.05) is 0 Å². The number of carbonyl (C=O) groups is 1. The largest absolute Gasteiger partial charge is 0.383 e. The highest BCUT2D eigenvalue weighted by Crippen LogP contribution is 2.22. The van der Waals surface area contributed by atoms with Crippen LogP contribution < -0.4 is 0 Å². The molecule has 0 radical (unpaired) electrons. The third-order valence-corrected chi connectivity index (χ3v) is 2.59. The average Bonchev–Trinajstić information content (AvgIpc) is 2.18. The van der Waals surface area contributed by atoms with Gasteiger partial charge < -0.3 is 4.74 Å². The number of rotatable bonds is 2. The smallest absolute Gasteiger partial charge is 0.148 e. The number of thioether (sulfide) groups is 1. The van der Waals surface area contributed by atoms with Crippen molar-refractivity contribution >= 4 is 17.5 Å². The Morgan fingerprint density at radius 2 is 2.67 bits per heavy atom. The molecule has 9 heavy (non-hydrogen) atoms. The summed E-state index contributed by atoms with van der Waals surface area (Å²) in [6.07, 6.45) is 0.735. The van der Waals surface area contributed by atoms with E-state index in [4.69, 9.17) is 4.74 Å². The lowest BCUT2D eigenvalue weighted by Crippen LogP contribution is -2.16. The predicted octanol–water partition coefficient (Wildman–Crippen LogP) is 0.707. The van der Waals surface area contributed by atoms with Crippen molar-refractivity contribution in [2.24, 2.45) is 0 Å². The van der Waals surface area contributed by atoms with Crippen LogP contribution in [0.2, 0.25) is 0 Å². The molecule has 0 aromatic rings. The minimum Gasteiger partial charge on any atom is -0.383 e. The van der Waals surface area contributed by atoms with Gasteiger partial charge in [-0.25, -0.2) is 0 Å². The maximum absolute atomic E-state index is 10.9. The van der Waals surface area contributed by atoms with Gasteiger partial charge in [-0.3, -0.25) is 4.79 Å². The zero-order valence-electron chi connectivity index (χ0n) is 5.42. The number of hydrogen-bond donors (Lipinski definition) is 0. The van der Waals surface area contributed by atoms with Crippen molar-refractivity contribution < 1.29 is 9.53 Å². The Balaban J connectivity index is 2.31. The van der Waals surface area contributed by atoms with E-state index in [1.165, 1.54) is 0 Å². The van der Waals surface area contributed by atoms with Crippen LogP contribution in [0.5, 0.6) is 0 Å². The summed E-state index contributed by atoms with van der Waals surface area (Å²) in [5.74, 6) is 1.33. The second-order valence-electron chi connectivity index (χ2n) is 2.03. The molecule has 0 saturated carbocycles. The molecule has 1 rings (SSSR count). The van der Waals surface area contributed by atoms with E-state index in [0.29, 0.717) is 12.4 Å². The van der Waals surface area contributed by atoms with Gasteiger partial charge in [0.2, 0.25) is 0 Å². The molecule has 1 saturated heterocycles. The summed E-state index contributed by atoms with van der Waals surface area (Å²) < 4.78 is 4.85. The maximum atomic E-state index is 10.9. The van der Waals surface area contributed by atoms with Gasteiger partial charge in [0.05, 0.1) is 11.9 Å². The van der Waals surface area contributed by atoms with Crippen LogP contribution in [0.15, 0.2) is 0 Å². The number of ether oxygens (including phenoxy) is 1. The van der Waals surface area contributed by atoms with Gasteiger partial charge in [0.1, 0.15) is 5.78 Å². The summed E-state index contributed by atoms with van der Waals surface area (Å²) in [7, 11) is 1.63. The van der Waals surface area contributed by atoms with E-state index in [1.54, 1.807) is 18.9 Å². The number of hydrogen-bond acceptors (Lipinski definition) is 3. The van der Waals surface area contributed by atoms with Crippen LogP contribution in [0, 0.1) is 0 Å². The standard InChI is InChI=1S/C6H10O2S/c1-8-4-6-5(7)2-3-9-6/h6H,2-4H2,1H3. The Kier molecular flexibility index (Phi) is 2.54. The molecule has 0 N–H and O–H groups in total. The summed E-state index contributed by atoms with van der Waals surface area (Å²) in [5.41, 5.74) is 0. The average molecular weight is 146 g/mol. The Morgan fingerprint density at radius 3 is 3.11 bits per heavy atom. The summed E-state index contributed by atoms with van der Waals surface area (Å²) >= 11 is 1.70. The summed E-state index contributed by atoms with van der Waals surface area (Å²) in [4.78, 5) is 10.9. The monoisotopic (exact) mass is 146 g/mol. The van der Waals surface area contributed by atoms with Crippen LogP contribution in [-0.2, 0) is 9.53 Å². The van der Waals surface area contributed by atoms with Crippen LogP contribution in [0.4, 0.5) is 0 Å². The van der Waals surface area contributed by atoms with E-state index in [-0.39, 0.29) is 5.25 Å². The molecule has 1 fully saturated rings. The van der Waals surface area contributed by atoms with Crippen LogP contribution in [0.3, 0.4) is 0 Å². The van der Waals surface area contributed by atoms with Crippen molar-refractivity contribution in [1.82, 2.24) is 0 Å². The molecule has 2 nitrogen and oxygen atoms in total. The molecule has 0 amide bonds. The Morgan fingerprint density at radius 1 is 1.89 bits per heavy atom. The maximum Gasteiger partial charge on any atom is 0.148 e. The predicted molar refractivity (Wildman–Crippen MR) is 37.7 cm³/mol. The van der Waals surface area contributed by atoms with E-state index in [0.717, 1.165) is 12.2 Å². The molecule has 0 bridgehead atoms. The highest BCUT2D eigenvalue weighted by atomic mass is 32.2. The number of ketones is 1. The minimum atomic E-state index is 0.134. The molecule has 1 heterocycles. The van der Waals surface area contributed by atoms with Gasteiger partial charge in [-0.1, -0.05) is 0 Å². The molecule has 0 aromatic heterocycles. The lowest BCUT2D eigenvalue weighted by atomic mass is 10.2. The van der Waals surface area contributed by atoms with Gasteiger partial charge in [0.15, 0.2) is 0 Å². The molecule has 0 aliphatic carbocycles. The zero-order chi connectivity index (χ0) is 6.69. The SMILES string of the molecule is COCC1SCCC1=O. The third kappa shape index (κ3) is 1.69. The van der Waals surface area contributed by atoms with Crippen LogP contribution in [0.1, 0.15) is 6.42 Å². The topological polar surface area (TPSA) is 26.3 Å². The van der Waals surface area contributed by atoms with Gasteiger partial charge in [0, 0.05) is 19.3 Å². The lowest BCUT2D eigenvalue weighted by molar-refractivity contribution is -0.118. The fourth-order valence-corrected chi connectivity index (χ4v) is 1.99. The van der Waals surface area contributed by atoms with Crippen molar-refractivity contribution in [2.75, 3.05) is 19.5 Å². The molecule has 52 valence electrons. The van der Waals surface area contributed by atoms with Crippen molar-refractivity contribution in [3.63, 3.8) is 0 Å². The summed E-state index contributed by atoms with van der Waals surface area (Å²) in [6.45, 7) is 0.587. The van der Waals surface area contributed by atoms with Crippen LogP contribution in [0.25, 0.3) is 0 Å². The van der Waals surface area contributed by atoms with Gasteiger partial charge in [-0.2, -0.15) is 0 Å². The highest BCUT2D eigenvalue weighted by Gasteiger charge is 2.24. The quantitative estimate of drug-likeness (QED) is 0.574. The third-order valence-electron chi connectivity index (χ3n) is 1.34. The van der Waals surface area contributed by atoms with E-state index >= 15 is 0 Å². The van der Waals surface area contributed by atoms with E-state index < -0.39 is 0 Å². The number of methoxy groups -OCH3 is 1. The number of Topliss-reactive ketones (excluding diaryl/α,β-unsaturated/α-hetero) is 1. The minimum absolute atomic E-state index is 0.134. The second kappa shape index (κ2) is 3.22. The van der Waals surface area contributed by atoms with Crippen LogP contribution >= 0.6 is 11.8 Å². The Hall–Kier alpha value is -0.0200. The van der Waals surface area contributed by atoms with E-state index in [2.05, 4.69) is 0 Å². The Bertz CT molecular complexity index is 114. The first-order valence-corrected chi connectivity index (χ1v) is 4.02. The highest BCUT2D eigenvalue weighted by molar-refractivity contribution is 8.01. The van der Waals surface area contributed by atoms with Crippen molar-refractivity contribution in [2.45, 2.75) is 11.7 Å². The summed E-state index contributed by atoms with van der Waals surface area (Å²) in [5, 5.41) is 0.134. The molecule has 1 atom stereocenters. The van der Waals surface area contributed by atoms with Gasteiger partial charge in [-0.05, 0) is 0 Å². The molecule has 0 spiro atoms. The molecule has 0 aromatic carbocycles. The fourth-order valence-electron chi connectivity index (χ4n) is 0.848. The zero-order valence-corrected chi connectivity index (χ0v) is 6.24. The van der Waals surface area contributed by atoms with Crippen LogP contribution in [-0.4, -0.2) is 30.5 Å². The summed E-state index contributed by atoms with van der Waals surface area (Å²) in [6, 6.07) is 0. The molecule has 1 unspecified atom stereocenters. The fraction of sp³-hybridized carbons (Fsp3) is 0.833. The molecular formula is C6H10O2S. The Labute approximate surface area is 59.0 Å². The van der Waals surface area contributed by atoms with E-state index in [9.17, 15) is 4.79 Å². The van der Waals surface area contributed by atoms with Gasteiger partial charge in [-0.15, -0.1) is 11.8 Å². The molecule has 1 aliphatic heterocycles.